The van der Waals surface area contributed by atoms with Crippen LogP contribution in [0.15, 0.2) is 24.3 Å². The molecule has 0 fully saturated rings. The zero-order chi connectivity index (χ0) is 21.1. The Bertz CT molecular complexity index is 778. The molecule has 9 nitrogen and oxygen atoms in total. The lowest BCUT2D eigenvalue weighted by molar-refractivity contribution is -0.129. The van der Waals surface area contributed by atoms with Crippen LogP contribution in [0.5, 0.6) is 0 Å². The number of nitrogens with one attached hydrogen (secondary N) is 2. The molecule has 29 heavy (non-hydrogen) atoms. The molecule has 9 heteroatoms. The Morgan fingerprint density at radius 1 is 0.966 bits per heavy atom. The molecule has 0 atom stereocenters. The predicted molar refractivity (Wildman–Crippen MR) is 108 cm³/mol. The molecule has 0 aliphatic rings. The van der Waals surface area contributed by atoms with Crippen LogP contribution in [0.2, 0.25) is 0 Å². The van der Waals surface area contributed by atoms with Gasteiger partial charge >= 0.3 is 0 Å². The maximum absolute atomic E-state index is 11.9. The van der Waals surface area contributed by atoms with Crippen molar-refractivity contribution in [2.24, 2.45) is 5.92 Å². The first kappa shape index (κ1) is 22.4. The van der Waals surface area contributed by atoms with E-state index in [4.69, 9.17) is 4.74 Å². The van der Waals surface area contributed by atoms with Crippen LogP contribution in [-0.2, 0) is 20.9 Å². The van der Waals surface area contributed by atoms with E-state index in [2.05, 4.69) is 44.9 Å². The van der Waals surface area contributed by atoms with Crippen LogP contribution in [0.3, 0.4) is 0 Å². The van der Waals surface area contributed by atoms with E-state index in [0.29, 0.717) is 43.9 Å². The first-order valence-electron chi connectivity index (χ1n) is 9.68. The fraction of sp³-hybridized carbons (Fsp3) is 0.500. The molecule has 2 aromatic rings. The van der Waals surface area contributed by atoms with Gasteiger partial charge in [-0.25, -0.2) is 0 Å². The summed E-state index contributed by atoms with van der Waals surface area (Å²) < 4.78 is 5.42. The fourth-order valence-corrected chi connectivity index (χ4v) is 2.32. The number of carbonyl (C=O) groups is 2. The number of nitrogens with zero attached hydrogens (tertiary/aromatic N) is 4. The lowest BCUT2D eigenvalue weighted by Gasteiger charge is -2.08. The molecular weight excluding hydrogens is 372 g/mol. The van der Waals surface area contributed by atoms with Gasteiger partial charge in [-0.3, -0.25) is 9.59 Å². The quantitative estimate of drug-likeness (QED) is 0.432. The van der Waals surface area contributed by atoms with E-state index in [9.17, 15) is 9.59 Å². The summed E-state index contributed by atoms with van der Waals surface area (Å²) in [5, 5.41) is 21.1. The summed E-state index contributed by atoms with van der Waals surface area (Å²) >= 11 is 0. The molecule has 1 aromatic heterocycles. The van der Waals surface area contributed by atoms with E-state index in [0.717, 1.165) is 17.5 Å². The van der Waals surface area contributed by atoms with Gasteiger partial charge in [0.2, 0.25) is 17.6 Å². The maximum atomic E-state index is 11.9. The zero-order valence-corrected chi connectivity index (χ0v) is 17.1. The standard InChI is InChI=1S/C20H28N6O3/c1-14(2)8-10-29-11-9-21-18(27)12-19(28)22-13-16-4-6-17(7-5-16)20-25-23-15(3)24-26-20/h4-7,14H,8-13H2,1-3H3,(H,21,27)(H,22,28). The van der Waals surface area contributed by atoms with Gasteiger partial charge in [0.15, 0.2) is 5.82 Å². The Morgan fingerprint density at radius 2 is 1.62 bits per heavy atom. The molecule has 0 saturated heterocycles. The molecule has 2 N–H and O–H groups in total. The van der Waals surface area contributed by atoms with Crippen molar-refractivity contribution in [1.82, 2.24) is 31.0 Å². The molecule has 0 spiro atoms. The van der Waals surface area contributed by atoms with Crippen LogP contribution >= 0.6 is 0 Å². The number of aromatic nitrogens is 4. The number of hydrogen-bond acceptors (Lipinski definition) is 7. The molecule has 0 radical (unpaired) electrons. The molecule has 0 aliphatic heterocycles. The first-order chi connectivity index (χ1) is 13.9. The van der Waals surface area contributed by atoms with Crippen LogP contribution in [0.1, 0.15) is 38.1 Å². The largest absolute Gasteiger partial charge is 0.380 e. The Balaban J connectivity index is 1.65. The maximum Gasteiger partial charge on any atom is 0.229 e. The third-order valence-corrected chi connectivity index (χ3v) is 4.01. The predicted octanol–water partition coefficient (Wildman–Crippen LogP) is 1.43. The van der Waals surface area contributed by atoms with Crippen molar-refractivity contribution >= 4 is 11.8 Å². The lowest BCUT2D eigenvalue weighted by atomic mass is 10.1. The average Bonchev–Trinajstić information content (AvgIpc) is 2.70. The molecule has 156 valence electrons. The van der Waals surface area contributed by atoms with E-state index in [1.807, 2.05) is 24.3 Å². The summed E-state index contributed by atoms with van der Waals surface area (Å²) in [5.41, 5.74) is 1.68. The second-order valence-electron chi connectivity index (χ2n) is 7.07. The third kappa shape index (κ3) is 8.73. The van der Waals surface area contributed by atoms with Gasteiger partial charge in [-0.1, -0.05) is 38.1 Å². The zero-order valence-electron chi connectivity index (χ0n) is 17.1. The van der Waals surface area contributed by atoms with E-state index >= 15 is 0 Å². The summed E-state index contributed by atoms with van der Waals surface area (Å²) in [6, 6.07) is 7.38. The number of aryl methyl sites for hydroxylation is 1. The van der Waals surface area contributed by atoms with Gasteiger partial charge in [-0.05, 0) is 24.8 Å². The van der Waals surface area contributed by atoms with Crippen LogP contribution in [0.4, 0.5) is 0 Å². The van der Waals surface area contributed by atoms with Crippen molar-refractivity contribution in [3.05, 3.63) is 35.7 Å². The molecule has 0 bridgehead atoms. The second-order valence-corrected chi connectivity index (χ2v) is 7.07. The van der Waals surface area contributed by atoms with Crippen molar-refractivity contribution in [1.29, 1.82) is 0 Å². The molecule has 0 aliphatic carbocycles. The summed E-state index contributed by atoms with van der Waals surface area (Å²) in [7, 11) is 0. The number of benzene rings is 1. The highest BCUT2D eigenvalue weighted by Crippen LogP contribution is 2.13. The Morgan fingerprint density at radius 3 is 2.28 bits per heavy atom. The Labute approximate surface area is 170 Å². The Kier molecular flexibility index (Phi) is 9.10. The highest BCUT2D eigenvalue weighted by molar-refractivity contribution is 5.96. The highest BCUT2D eigenvalue weighted by Gasteiger charge is 2.09. The van der Waals surface area contributed by atoms with Crippen LogP contribution in [-0.4, -0.2) is 52.0 Å². The number of carbonyl (C=O) groups excluding carboxylic acids is 2. The SMILES string of the molecule is Cc1nnc(-c2ccc(CNC(=O)CC(=O)NCCOCCC(C)C)cc2)nn1. The Hall–Kier alpha value is -2.94. The van der Waals surface area contributed by atoms with Gasteiger partial charge in [0.25, 0.3) is 0 Å². The summed E-state index contributed by atoms with van der Waals surface area (Å²) in [6.45, 7) is 7.83. The summed E-state index contributed by atoms with van der Waals surface area (Å²) in [5.74, 6) is 0.894. The van der Waals surface area contributed by atoms with Crippen molar-refractivity contribution in [3.63, 3.8) is 0 Å². The second kappa shape index (κ2) is 11.8. The van der Waals surface area contributed by atoms with Crippen molar-refractivity contribution in [2.75, 3.05) is 19.8 Å². The highest BCUT2D eigenvalue weighted by atomic mass is 16.5. The molecule has 1 aromatic carbocycles. The van der Waals surface area contributed by atoms with Crippen LogP contribution < -0.4 is 10.6 Å². The van der Waals surface area contributed by atoms with E-state index in [1.165, 1.54) is 0 Å². The van der Waals surface area contributed by atoms with Crippen molar-refractivity contribution < 1.29 is 14.3 Å². The average molecular weight is 400 g/mol. The lowest BCUT2D eigenvalue weighted by Crippen LogP contribution is -2.33. The first-order valence-corrected chi connectivity index (χ1v) is 9.68. The minimum absolute atomic E-state index is 0.210. The fourth-order valence-electron chi connectivity index (χ4n) is 2.32. The van der Waals surface area contributed by atoms with E-state index in [-0.39, 0.29) is 18.2 Å². The molecule has 2 rings (SSSR count). The number of amides is 2. The molecule has 1 heterocycles. The normalized spacial score (nSPS) is 10.8. The number of rotatable bonds is 11. The van der Waals surface area contributed by atoms with Gasteiger partial charge in [0.05, 0.1) is 6.61 Å². The van der Waals surface area contributed by atoms with Gasteiger partial charge in [-0.15, -0.1) is 20.4 Å². The van der Waals surface area contributed by atoms with E-state index in [1.54, 1.807) is 6.92 Å². The monoisotopic (exact) mass is 400 g/mol. The minimum atomic E-state index is -0.331. The van der Waals surface area contributed by atoms with Crippen LogP contribution in [0, 0.1) is 12.8 Å². The summed E-state index contributed by atoms with van der Waals surface area (Å²) in [6.07, 6.45) is 0.780. The minimum Gasteiger partial charge on any atom is -0.380 e. The van der Waals surface area contributed by atoms with E-state index < -0.39 is 0 Å². The summed E-state index contributed by atoms with van der Waals surface area (Å²) in [4.78, 5) is 23.7. The third-order valence-electron chi connectivity index (χ3n) is 4.01. The van der Waals surface area contributed by atoms with Crippen molar-refractivity contribution in [3.8, 4) is 11.4 Å². The molecule has 0 unspecified atom stereocenters. The van der Waals surface area contributed by atoms with Gasteiger partial charge < -0.3 is 15.4 Å². The van der Waals surface area contributed by atoms with Crippen molar-refractivity contribution in [2.45, 2.75) is 40.2 Å². The van der Waals surface area contributed by atoms with Crippen LogP contribution in [0.25, 0.3) is 11.4 Å². The van der Waals surface area contributed by atoms with Gasteiger partial charge in [0.1, 0.15) is 6.42 Å². The smallest absolute Gasteiger partial charge is 0.229 e. The topological polar surface area (TPSA) is 119 Å². The molecule has 2 amide bonds. The van der Waals surface area contributed by atoms with Gasteiger partial charge in [0, 0.05) is 25.3 Å². The number of hydrogen-bond donors (Lipinski definition) is 2. The molecule has 0 saturated carbocycles. The number of ether oxygens (including phenoxy) is 1. The molecular formula is C20H28N6O3. The van der Waals surface area contributed by atoms with Gasteiger partial charge in [-0.2, -0.15) is 0 Å².